The SMILES string of the molecule is CC[N+](C)(C)C(C)CC(C)C. The van der Waals surface area contributed by atoms with Crippen LogP contribution in [-0.2, 0) is 0 Å². The van der Waals surface area contributed by atoms with E-state index < -0.39 is 0 Å². The van der Waals surface area contributed by atoms with Crippen LogP contribution in [0.25, 0.3) is 0 Å². The van der Waals surface area contributed by atoms with Gasteiger partial charge in [0, 0.05) is 6.42 Å². The van der Waals surface area contributed by atoms with E-state index in [-0.39, 0.29) is 0 Å². The van der Waals surface area contributed by atoms with Crippen molar-refractivity contribution in [2.75, 3.05) is 20.6 Å². The van der Waals surface area contributed by atoms with Gasteiger partial charge in [0.2, 0.25) is 0 Å². The molecule has 0 heterocycles. The molecule has 0 aromatic heterocycles. The Morgan fingerprint density at radius 3 is 1.82 bits per heavy atom. The number of hydrogen-bond acceptors (Lipinski definition) is 0. The Morgan fingerprint density at radius 1 is 1.09 bits per heavy atom. The Balaban J connectivity index is 3.90. The van der Waals surface area contributed by atoms with Gasteiger partial charge in [0.05, 0.1) is 26.7 Å². The van der Waals surface area contributed by atoms with Crippen molar-refractivity contribution in [1.29, 1.82) is 0 Å². The van der Waals surface area contributed by atoms with E-state index in [0.29, 0.717) is 0 Å². The van der Waals surface area contributed by atoms with Crippen LogP contribution in [0.2, 0.25) is 0 Å². The summed E-state index contributed by atoms with van der Waals surface area (Å²) in [4.78, 5) is 0. The molecular formula is C10H24N+. The first-order chi connectivity index (χ1) is 4.90. The molecule has 1 heteroatoms. The van der Waals surface area contributed by atoms with E-state index in [9.17, 15) is 0 Å². The van der Waals surface area contributed by atoms with E-state index in [2.05, 4.69) is 41.8 Å². The van der Waals surface area contributed by atoms with Crippen LogP contribution in [0.3, 0.4) is 0 Å². The Labute approximate surface area is 72.0 Å². The van der Waals surface area contributed by atoms with Crippen molar-refractivity contribution in [2.45, 2.75) is 40.2 Å². The normalized spacial score (nSPS) is 15.5. The average Bonchev–Trinajstić information content (AvgIpc) is 1.86. The molecule has 0 amide bonds. The zero-order valence-corrected chi connectivity index (χ0v) is 9.02. The van der Waals surface area contributed by atoms with Crippen LogP contribution in [0.1, 0.15) is 34.1 Å². The summed E-state index contributed by atoms with van der Waals surface area (Å²) in [6.45, 7) is 10.4. The van der Waals surface area contributed by atoms with Gasteiger partial charge >= 0.3 is 0 Å². The van der Waals surface area contributed by atoms with Crippen LogP contribution in [0, 0.1) is 5.92 Å². The van der Waals surface area contributed by atoms with Crippen molar-refractivity contribution in [3.8, 4) is 0 Å². The third-order valence-corrected chi connectivity index (χ3v) is 2.82. The molecular weight excluding hydrogens is 134 g/mol. The second kappa shape index (κ2) is 4.10. The Kier molecular flexibility index (Phi) is 4.09. The molecule has 68 valence electrons. The van der Waals surface area contributed by atoms with Crippen LogP contribution >= 0.6 is 0 Å². The van der Waals surface area contributed by atoms with E-state index in [1.54, 1.807) is 0 Å². The number of rotatable bonds is 4. The highest BCUT2D eigenvalue weighted by Crippen LogP contribution is 2.14. The summed E-state index contributed by atoms with van der Waals surface area (Å²) in [6.07, 6.45) is 1.33. The zero-order valence-electron chi connectivity index (χ0n) is 9.02. The van der Waals surface area contributed by atoms with E-state index in [0.717, 1.165) is 16.4 Å². The first-order valence-electron chi connectivity index (χ1n) is 4.72. The molecule has 0 rings (SSSR count). The molecule has 0 radical (unpaired) electrons. The highest BCUT2D eigenvalue weighted by molar-refractivity contribution is 4.54. The predicted octanol–water partition coefficient (Wildman–Crippen LogP) is 2.52. The van der Waals surface area contributed by atoms with Gasteiger partial charge in [-0.15, -0.1) is 0 Å². The molecule has 0 N–H and O–H groups in total. The molecule has 0 aliphatic heterocycles. The fourth-order valence-corrected chi connectivity index (χ4v) is 1.28. The van der Waals surface area contributed by atoms with Crippen molar-refractivity contribution < 1.29 is 4.48 Å². The van der Waals surface area contributed by atoms with Gasteiger partial charge in [0.15, 0.2) is 0 Å². The highest BCUT2D eigenvalue weighted by Gasteiger charge is 2.21. The van der Waals surface area contributed by atoms with E-state index in [1.165, 1.54) is 13.0 Å². The molecule has 0 bridgehead atoms. The largest absolute Gasteiger partial charge is 0.327 e. The third kappa shape index (κ3) is 3.76. The minimum atomic E-state index is 0.792. The van der Waals surface area contributed by atoms with Gasteiger partial charge in [0.25, 0.3) is 0 Å². The standard InChI is InChI=1S/C10H24N/c1-7-11(5,6)10(4)8-9(2)3/h9-10H,7-8H2,1-6H3/q+1. The van der Waals surface area contributed by atoms with Crippen molar-refractivity contribution >= 4 is 0 Å². The monoisotopic (exact) mass is 158 g/mol. The Bertz CT molecular complexity index is 105. The lowest BCUT2D eigenvalue weighted by molar-refractivity contribution is -0.912. The van der Waals surface area contributed by atoms with Crippen molar-refractivity contribution in [2.24, 2.45) is 5.92 Å². The fourth-order valence-electron chi connectivity index (χ4n) is 1.28. The number of hydrogen-bond donors (Lipinski definition) is 0. The molecule has 1 unspecified atom stereocenters. The van der Waals surface area contributed by atoms with Crippen LogP contribution < -0.4 is 0 Å². The maximum absolute atomic E-state index is 2.35. The van der Waals surface area contributed by atoms with Gasteiger partial charge in [-0.05, 0) is 19.8 Å². The summed E-state index contributed by atoms with van der Waals surface area (Å²) in [6, 6.07) is 0.792. The van der Waals surface area contributed by atoms with Gasteiger partial charge in [-0.3, -0.25) is 0 Å². The van der Waals surface area contributed by atoms with E-state index in [4.69, 9.17) is 0 Å². The summed E-state index contributed by atoms with van der Waals surface area (Å²) in [5.74, 6) is 0.828. The summed E-state index contributed by atoms with van der Waals surface area (Å²) >= 11 is 0. The summed E-state index contributed by atoms with van der Waals surface area (Å²) in [7, 11) is 4.63. The maximum Gasteiger partial charge on any atom is 0.0860 e. The molecule has 0 fully saturated rings. The number of quaternary nitrogens is 1. The van der Waals surface area contributed by atoms with E-state index in [1.807, 2.05) is 0 Å². The minimum absolute atomic E-state index is 0.792. The van der Waals surface area contributed by atoms with Crippen LogP contribution in [0.4, 0.5) is 0 Å². The van der Waals surface area contributed by atoms with Gasteiger partial charge in [-0.25, -0.2) is 0 Å². The third-order valence-electron chi connectivity index (χ3n) is 2.82. The lowest BCUT2D eigenvalue weighted by atomic mass is 10.0. The predicted molar refractivity (Wildman–Crippen MR) is 51.6 cm³/mol. The molecule has 0 aromatic rings. The van der Waals surface area contributed by atoms with Crippen molar-refractivity contribution in [1.82, 2.24) is 0 Å². The van der Waals surface area contributed by atoms with E-state index >= 15 is 0 Å². The Hall–Kier alpha value is -0.0400. The fraction of sp³-hybridized carbons (Fsp3) is 1.00. The van der Waals surface area contributed by atoms with Gasteiger partial charge in [-0.1, -0.05) is 13.8 Å². The Morgan fingerprint density at radius 2 is 1.55 bits per heavy atom. The molecule has 0 saturated carbocycles. The summed E-state index contributed by atoms with van der Waals surface area (Å²) in [5.41, 5.74) is 0. The average molecular weight is 158 g/mol. The summed E-state index contributed by atoms with van der Waals surface area (Å²) < 4.78 is 1.15. The van der Waals surface area contributed by atoms with Crippen molar-refractivity contribution in [3.05, 3.63) is 0 Å². The van der Waals surface area contributed by atoms with Crippen molar-refractivity contribution in [3.63, 3.8) is 0 Å². The molecule has 0 aliphatic carbocycles. The van der Waals surface area contributed by atoms with Crippen LogP contribution in [-0.4, -0.2) is 31.2 Å². The number of nitrogens with zero attached hydrogens (tertiary/aromatic N) is 1. The van der Waals surface area contributed by atoms with Gasteiger partial charge in [0.1, 0.15) is 0 Å². The molecule has 0 saturated heterocycles. The molecule has 0 aromatic carbocycles. The topological polar surface area (TPSA) is 0 Å². The van der Waals surface area contributed by atoms with Crippen LogP contribution in [0.5, 0.6) is 0 Å². The van der Waals surface area contributed by atoms with Gasteiger partial charge < -0.3 is 4.48 Å². The first kappa shape index (κ1) is 11.0. The lowest BCUT2D eigenvalue weighted by Crippen LogP contribution is -2.47. The summed E-state index contributed by atoms with van der Waals surface area (Å²) in [5, 5.41) is 0. The van der Waals surface area contributed by atoms with Gasteiger partial charge in [-0.2, -0.15) is 0 Å². The molecule has 11 heavy (non-hydrogen) atoms. The molecule has 1 atom stereocenters. The molecule has 1 nitrogen and oxygen atoms in total. The van der Waals surface area contributed by atoms with Crippen LogP contribution in [0.15, 0.2) is 0 Å². The highest BCUT2D eigenvalue weighted by atomic mass is 15.3. The smallest absolute Gasteiger partial charge is 0.0860 e. The second-order valence-corrected chi connectivity index (χ2v) is 4.57. The maximum atomic E-state index is 2.35. The quantitative estimate of drug-likeness (QED) is 0.552. The second-order valence-electron chi connectivity index (χ2n) is 4.57. The molecule has 0 aliphatic rings. The lowest BCUT2D eigenvalue weighted by Gasteiger charge is -2.36. The first-order valence-corrected chi connectivity index (χ1v) is 4.72. The minimum Gasteiger partial charge on any atom is -0.327 e. The molecule has 0 spiro atoms. The zero-order chi connectivity index (χ0) is 9.07.